The molecule has 142 valence electrons. The van der Waals surface area contributed by atoms with Gasteiger partial charge in [0.2, 0.25) is 5.91 Å². The first-order valence-corrected chi connectivity index (χ1v) is 9.30. The predicted octanol–water partition coefficient (Wildman–Crippen LogP) is 1.46. The number of nitrogen functional groups attached to an aromatic ring is 1. The first kappa shape index (κ1) is 18.9. The van der Waals surface area contributed by atoms with E-state index in [0.29, 0.717) is 0 Å². The normalized spacial score (nSPS) is 13.6. The summed E-state index contributed by atoms with van der Waals surface area (Å²) in [7, 11) is 0. The van der Waals surface area contributed by atoms with Crippen LogP contribution in [0.2, 0.25) is 0 Å². The van der Waals surface area contributed by atoms with Gasteiger partial charge in [0.25, 0.3) is 11.5 Å². The number of anilines is 2. The van der Waals surface area contributed by atoms with Gasteiger partial charge in [0.05, 0.1) is 11.3 Å². The number of aromatic nitrogens is 2. The molecule has 0 bridgehead atoms. The van der Waals surface area contributed by atoms with Crippen molar-refractivity contribution in [2.75, 3.05) is 29.9 Å². The topological polar surface area (TPSA) is 121 Å². The minimum Gasteiger partial charge on any atom is -0.382 e. The van der Waals surface area contributed by atoms with Crippen LogP contribution in [0.25, 0.3) is 0 Å². The Labute approximate surface area is 158 Å². The van der Waals surface area contributed by atoms with Crippen LogP contribution in [0.5, 0.6) is 0 Å². The van der Waals surface area contributed by atoms with Crippen molar-refractivity contribution < 1.29 is 14.0 Å². The third kappa shape index (κ3) is 4.45. The molecule has 4 N–H and O–H groups in total. The molecule has 10 heteroatoms. The van der Waals surface area contributed by atoms with Crippen LogP contribution in [-0.2, 0) is 4.79 Å². The Morgan fingerprint density at radius 1 is 1.30 bits per heavy atom. The summed E-state index contributed by atoms with van der Waals surface area (Å²) in [4.78, 5) is 44.7. The highest BCUT2D eigenvalue weighted by atomic mass is 32.2. The minimum atomic E-state index is -0.809. The number of nitrogens with two attached hydrogens (primary N) is 1. The van der Waals surface area contributed by atoms with Gasteiger partial charge in [-0.05, 0) is 25.0 Å². The Morgan fingerprint density at radius 3 is 2.67 bits per heavy atom. The van der Waals surface area contributed by atoms with Gasteiger partial charge in [0.15, 0.2) is 11.0 Å². The lowest BCUT2D eigenvalue weighted by Gasteiger charge is -2.14. The lowest BCUT2D eigenvalue weighted by molar-refractivity contribution is -0.127. The van der Waals surface area contributed by atoms with Crippen LogP contribution < -0.4 is 16.6 Å². The molecule has 2 aromatic rings. The number of benzene rings is 1. The molecular formula is C17H18FN5O3S. The number of hydrogen-bond donors (Lipinski definition) is 3. The molecule has 1 aliphatic heterocycles. The summed E-state index contributed by atoms with van der Waals surface area (Å²) in [5.41, 5.74) is 4.61. The molecule has 27 heavy (non-hydrogen) atoms. The molecule has 8 nitrogen and oxygen atoms in total. The quantitative estimate of drug-likeness (QED) is 0.524. The van der Waals surface area contributed by atoms with Gasteiger partial charge in [0, 0.05) is 13.1 Å². The molecular weight excluding hydrogens is 373 g/mol. The van der Waals surface area contributed by atoms with E-state index in [1.54, 1.807) is 4.90 Å². The van der Waals surface area contributed by atoms with E-state index in [-0.39, 0.29) is 33.9 Å². The molecule has 0 aliphatic carbocycles. The maximum absolute atomic E-state index is 13.7. The summed E-state index contributed by atoms with van der Waals surface area (Å²) in [5, 5.41) is 2.45. The van der Waals surface area contributed by atoms with Crippen molar-refractivity contribution in [3.63, 3.8) is 0 Å². The Bertz CT molecular complexity index is 927. The van der Waals surface area contributed by atoms with Gasteiger partial charge in [-0.1, -0.05) is 23.9 Å². The number of carbonyl (C=O) groups excluding carboxylic acids is 2. The van der Waals surface area contributed by atoms with Crippen LogP contribution in [0.3, 0.4) is 0 Å². The van der Waals surface area contributed by atoms with Gasteiger partial charge in [-0.3, -0.25) is 19.4 Å². The van der Waals surface area contributed by atoms with Crippen molar-refractivity contribution in [2.24, 2.45) is 0 Å². The number of rotatable bonds is 5. The van der Waals surface area contributed by atoms with Crippen LogP contribution in [0.4, 0.5) is 15.9 Å². The summed E-state index contributed by atoms with van der Waals surface area (Å²) in [6.45, 7) is 1.49. The molecule has 3 rings (SSSR count). The fraction of sp³-hybridized carbons (Fsp3) is 0.294. The van der Waals surface area contributed by atoms with Gasteiger partial charge in [-0.15, -0.1) is 0 Å². The van der Waals surface area contributed by atoms with Crippen molar-refractivity contribution in [3.05, 3.63) is 46.0 Å². The summed E-state index contributed by atoms with van der Waals surface area (Å²) in [6, 6.07) is 5.37. The number of likely N-dealkylation sites (tertiary alicyclic amines) is 1. The smallest absolute Gasteiger partial charge is 0.277 e. The number of amides is 2. The standard InChI is InChI=1S/C17H18FN5O3S/c18-11-6-2-1-5-10(11)15(25)20-13-14(19)21-17(22-16(13)26)27-9-12(24)23-7-3-4-8-23/h1-2,5-6H,3-4,7-9H2,(H,20,25)(H3,19,21,22,26). The molecule has 2 amide bonds. The van der Waals surface area contributed by atoms with Crippen LogP contribution in [0, 0.1) is 5.82 Å². The van der Waals surface area contributed by atoms with E-state index in [1.165, 1.54) is 18.2 Å². The third-order valence-electron chi connectivity index (χ3n) is 4.07. The largest absolute Gasteiger partial charge is 0.382 e. The molecule has 0 radical (unpaired) electrons. The van der Waals surface area contributed by atoms with E-state index >= 15 is 0 Å². The molecule has 1 saturated heterocycles. The van der Waals surface area contributed by atoms with E-state index in [9.17, 15) is 18.8 Å². The lowest BCUT2D eigenvalue weighted by atomic mass is 10.2. The number of nitrogens with one attached hydrogen (secondary N) is 2. The Hall–Kier alpha value is -2.88. The summed E-state index contributed by atoms with van der Waals surface area (Å²) >= 11 is 1.06. The second-order valence-corrected chi connectivity index (χ2v) is 6.91. The van der Waals surface area contributed by atoms with Gasteiger partial charge in [0.1, 0.15) is 11.5 Å². The van der Waals surface area contributed by atoms with E-state index in [2.05, 4.69) is 15.3 Å². The van der Waals surface area contributed by atoms with Crippen LogP contribution >= 0.6 is 11.8 Å². The second kappa shape index (κ2) is 8.21. The molecule has 0 saturated carbocycles. The number of hydrogen-bond acceptors (Lipinski definition) is 6. The fourth-order valence-electron chi connectivity index (χ4n) is 2.67. The number of halogens is 1. The van der Waals surface area contributed by atoms with Crippen molar-refractivity contribution in [2.45, 2.75) is 18.0 Å². The molecule has 0 unspecified atom stereocenters. The van der Waals surface area contributed by atoms with Crippen LogP contribution in [0.1, 0.15) is 23.2 Å². The molecule has 2 heterocycles. The van der Waals surface area contributed by atoms with Gasteiger partial charge < -0.3 is 16.0 Å². The maximum atomic E-state index is 13.7. The van der Waals surface area contributed by atoms with Crippen molar-refractivity contribution in [3.8, 4) is 0 Å². The van der Waals surface area contributed by atoms with Gasteiger partial charge in [-0.2, -0.15) is 0 Å². The molecule has 0 spiro atoms. The molecule has 1 aliphatic rings. The van der Waals surface area contributed by atoms with Gasteiger partial charge >= 0.3 is 0 Å². The number of nitrogens with zero attached hydrogens (tertiary/aromatic N) is 2. The summed E-state index contributed by atoms with van der Waals surface area (Å²) < 4.78 is 13.7. The predicted molar refractivity (Wildman–Crippen MR) is 100 cm³/mol. The van der Waals surface area contributed by atoms with Crippen molar-refractivity contribution >= 4 is 35.1 Å². The Morgan fingerprint density at radius 2 is 2.00 bits per heavy atom. The Kier molecular flexibility index (Phi) is 5.75. The number of thioether (sulfide) groups is 1. The number of H-pyrrole nitrogens is 1. The van der Waals surface area contributed by atoms with Crippen LogP contribution in [-0.4, -0.2) is 45.5 Å². The molecule has 1 aromatic carbocycles. The fourth-order valence-corrected chi connectivity index (χ4v) is 3.44. The average Bonchev–Trinajstić information content (AvgIpc) is 3.18. The van der Waals surface area contributed by atoms with Crippen LogP contribution in [0.15, 0.2) is 34.2 Å². The monoisotopic (exact) mass is 391 g/mol. The zero-order valence-corrected chi connectivity index (χ0v) is 15.1. The highest BCUT2D eigenvalue weighted by Crippen LogP contribution is 2.19. The molecule has 1 aromatic heterocycles. The van der Waals surface area contributed by atoms with E-state index in [1.807, 2.05) is 0 Å². The third-order valence-corrected chi connectivity index (χ3v) is 4.93. The highest BCUT2D eigenvalue weighted by Gasteiger charge is 2.20. The minimum absolute atomic E-state index is 0.0318. The van der Waals surface area contributed by atoms with E-state index < -0.39 is 17.3 Å². The number of aromatic amines is 1. The first-order chi connectivity index (χ1) is 13.0. The maximum Gasteiger partial charge on any atom is 0.277 e. The zero-order valence-electron chi connectivity index (χ0n) is 14.3. The van der Waals surface area contributed by atoms with E-state index in [4.69, 9.17) is 5.73 Å². The summed E-state index contributed by atoms with van der Waals surface area (Å²) in [6.07, 6.45) is 1.99. The average molecular weight is 391 g/mol. The highest BCUT2D eigenvalue weighted by molar-refractivity contribution is 7.99. The molecule has 0 atom stereocenters. The number of carbonyl (C=O) groups is 2. The molecule has 1 fully saturated rings. The van der Waals surface area contributed by atoms with Gasteiger partial charge in [-0.25, -0.2) is 9.37 Å². The Balaban J connectivity index is 1.69. The van der Waals surface area contributed by atoms with Crippen molar-refractivity contribution in [1.29, 1.82) is 0 Å². The lowest BCUT2D eigenvalue weighted by Crippen LogP contribution is -2.29. The summed E-state index contributed by atoms with van der Waals surface area (Å²) in [5.74, 6) is -1.64. The zero-order chi connectivity index (χ0) is 19.4. The SMILES string of the molecule is Nc1nc(SCC(=O)N2CCCC2)[nH]c(=O)c1NC(=O)c1ccccc1F. The van der Waals surface area contributed by atoms with Crippen molar-refractivity contribution in [1.82, 2.24) is 14.9 Å². The first-order valence-electron chi connectivity index (χ1n) is 8.32. The second-order valence-electron chi connectivity index (χ2n) is 5.94. The van der Waals surface area contributed by atoms with E-state index in [0.717, 1.165) is 43.8 Å².